The molecule has 0 fully saturated rings. The molecule has 0 aliphatic carbocycles. The van der Waals surface area contributed by atoms with E-state index in [9.17, 15) is 4.79 Å². The summed E-state index contributed by atoms with van der Waals surface area (Å²) in [7, 11) is 5.99. The normalized spacial score (nSPS) is 13.7. The van der Waals surface area contributed by atoms with E-state index >= 15 is 0 Å². The third-order valence-electron chi connectivity index (χ3n) is 4.32. The zero-order valence-electron chi connectivity index (χ0n) is 14.3. The zero-order chi connectivity index (χ0) is 17.3. The largest absolute Gasteiger partial charge is 0.332 e. The maximum absolute atomic E-state index is 12.8. The molecule has 6 heteroatoms. The minimum Gasteiger partial charge on any atom is -0.332 e. The number of nitriles is 1. The lowest BCUT2D eigenvalue weighted by atomic mass is 10.0. The van der Waals surface area contributed by atoms with Crippen LogP contribution in [0.25, 0.3) is 0 Å². The van der Waals surface area contributed by atoms with Crippen molar-refractivity contribution in [3.05, 3.63) is 52.3 Å². The Labute approximate surface area is 141 Å². The Morgan fingerprint density at radius 1 is 1.42 bits per heavy atom. The minimum atomic E-state index is -0.0342. The Hall–Kier alpha value is -2.65. The first-order valence-corrected chi connectivity index (χ1v) is 7.97. The van der Waals surface area contributed by atoms with Crippen LogP contribution in [-0.4, -0.2) is 46.1 Å². The molecule has 0 saturated heterocycles. The summed E-state index contributed by atoms with van der Waals surface area (Å²) < 4.78 is 1.89. The van der Waals surface area contributed by atoms with E-state index in [1.165, 1.54) is 5.56 Å². The summed E-state index contributed by atoms with van der Waals surface area (Å²) in [6.45, 7) is 2.04. The average Bonchev–Trinajstić information content (AvgIpc) is 2.89. The molecule has 0 saturated carbocycles. The van der Waals surface area contributed by atoms with Crippen molar-refractivity contribution in [1.82, 2.24) is 19.6 Å². The van der Waals surface area contributed by atoms with E-state index in [4.69, 9.17) is 5.26 Å². The van der Waals surface area contributed by atoms with Gasteiger partial charge < -0.3 is 9.80 Å². The summed E-state index contributed by atoms with van der Waals surface area (Å²) in [5.74, 6) is -0.0342. The van der Waals surface area contributed by atoms with Crippen molar-refractivity contribution in [1.29, 1.82) is 5.26 Å². The first-order chi connectivity index (χ1) is 11.5. The highest BCUT2D eigenvalue weighted by Crippen LogP contribution is 2.24. The van der Waals surface area contributed by atoms with Crippen LogP contribution in [0.2, 0.25) is 0 Å². The molecule has 24 heavy (non-hydrogen) atoms. The van der Waals surface area contributed by atoms with Crippen molar-refractivity contribution in [3.8, 4) is 6.07 Å². The molecule has 6 nitrogen and oxygen atoms in total. The Morgan fingerprint density at radius 2 is 2.21 bits per heavy atom. The maximum atomic E-state index is 12.8. The molecule has 2 aromatic rings. The maximum Gasteiger partial charge on any atom is 0.254 e. The molecule has 1 aliphatic rings. The van der Waals surface area contributed by atoms with E-state index in [1.54, 1.807) is 24.3 Å². The number of aryl methyl sites for hydroxylation is 1. The molecule has 0 bridgehead atoms. The van der Waals surface area contributed by atoms with Crippen molar-refractivity contribution in [2.75, 3.05) is 20.6 Å². The van der Waals surface area contributed by atoms with Gasteiger partial charge >= 0.3 is 0 Å². The molecule has 1 aliphatic heterocycles. The summed E-state index contributed by atoms with van der Waals surface area (Å²) in [5.41, 5.74) is 4.53. The van der Waals surface area contributed by atoms with Crippen LogP contribution in [0.15, 0.2) is 24.3 Å². The molecule has 0 radical (unpaired) electrons. The van der Waals surface area contributed by atoms with E-state index in [1.807, 2.05) is 30.7 Å². The van der Waals surface area contributed by atoms with Crippen molar-refractivity contribution in [2.24, 2.45) is 7.05 Å². The van der Waals surface area contributed by atoms with E-state index in [0.717, 1.165) is 24.4 Å². The Morgan fingerprint density at radius 3 is 2.92 bits per heavy atom. The number of amides is 1. The number of hydrogen-bond donors (Lipinski definition) is 0. The van der Waals surface area contributed by atoms with Gasteiger partial charge in [0.05, 0.1) is 29.6 Å². The monoisotopic (exact) mass is 323 g/mol. The zero-order valence-corrected chi connectivity index (χ0v) is 14.3. The second-order valence-corrected chi connectivity index (χ2v) is 6.40. The van der Waals surface area contributed by atoms with E-state index in [-0.39, 0.29) is 5.91 Å². The van der Waals surface area contributed by atoms with Crippen molar-refractivity contribution < 1.29 is 4.79 Å². The highest BCUT2D eigenvalue weighted by Gasteiger charge is 2.27. The van der Waals surface area contributed by atoms with Crippen LogP contribution in [0.4, 0.5) is 0 Å². The SMILES string of the molecule is CN(C)Cc1nn(C)c2c1CCN(C(=O)c1cccc(C#N)c1)C2. The van der Waals surface area contributed by atoms with E-state index in [0.29, 0.717) is 24.2 Å². The lowest BCUT2D eigenvalue weighted by molar-refractivity contribution is 0.0730. The molecule has 0 unspecified atom stereocenters. The number of nitrogens with zero attached hydrogens (tertiary/aromatic N) is 5. The Balaban J connectivity index is 1.83. The van der Waals surface area contributed by atoms with Crippen LogP contribution < -0.4 is 0 Å². The summed E-state index contributed by atoms with van der Waals surface area (Å²) in [4.78, 5) is 16.7. The third kappa shape index (κ3) is 3.03. The second kappa shape index (κ2) is 6.46. The third-order valence-corrected chi connectivity index (χ3v) is 4.32. The predicted octanol–water partition coefficient (Wildman–Crippen LogP) is 1.55. The molecule has 1 aromatic heterocycles. The number of carbonyl (C=O) groups is 1. The van der Waals surface area contributed by atoms with E-state index < -0.39 is 0 Å². The molecular formula is C18H21N5O. The smallest absolute Gasteiger partial charge is 0.254 e. The number of benzene rings is 1. The molecule has 1 amide bonds. The number of carbonyl (C=O) groups excluding carboxylic acids is 1. The van der Waals surface area contributed by atoms with Gasteiger partial charge in [-0.2, -0.15) is 10.4 Å². The van der Waals surface area contributed by atoms with Gasteiger partial charge in [0.15, 0.2) is 0 Å². The number of fused-ring (bicyclic) bond motifs is 1. The molecule has 124 valence electrons. The van der Waals surface area contributed by atoms with Gasteiger partial charge in [0.2, 0.25) is 0 Å². The van der Waals surface area contributed by atoms with Gasteiger partial charge in [-0.05, 0) is 38.7 Å². The molecule has 0 atom stereocenters. The van der Waals surface area contributed by atoms with Gasteiger partial charge in [-0.3, -0.25) is 9.48 Å². The molecule has 0 N–H and O–H groups in total. The molecular weight excluding hydrogens is 302 g/mol. The summed E-state index contributed by atoms with van der Waals surface area (Å²) in [6, 6.07) is 8.96. The van der Waals surface area contributed by atoms with Crippen LogP contribution in [0.1, 0.15) is 32.9 Å². The summed E-state index contributed by atoms with van der Waals surface area (Å²) in [6.07, 6.45) is 0.816. The van der Waals surface area contributed by atoms with Crippen molar-refractivity contribution in [2.45, 2.75) is 19.5 Å². The predicted molar refractivity (Wildman–Crippen MR) is 90.2 cm³/mol. The Bertz CT molecular complexity index is 815. The van der Waals surface area contributed by atoms with Gasteiger partial charge in [0.25, 0.3) is 5.91 Å². The fraction of sp³-hybridized carbons (Fsp3) is 0.389. The van der Waals surface area contributed by atoms with E-state index in [2.05, 4.69) is 16.1 Å². The number of rotatable bonds is 3. The van der Waals surface area contributed by atoms with Gasteiger partial charge in [0, 0.05) is 31.3 Å². The number of aromatic nitrogens is 2. The summed E-state index contributed by atoms with van der Waals surface area (Å²) >= 11 is 0. The molecule has 2 heterocycles. The van der Waals surface area contributed by atoms with Crippen molar-refractivity contribution >= 4 is 5.91 Å². The summed E-state index contributed by atoms with van der Waals surface area (Å²) in [5, 5.41) is 13.6. The van der Waals surface area contributed by atoms with Gasteiger partial charge in [-0.25, -0.2) is 0 Å². The van der Waals surface area contributed by atoms with Crippen LogP contribution in [0, 0.1) is 11.3 Å². The minimum absolute atomic E-state index is 0.0342. The van der Waals surface area contributed by atoms with Gasteiger partial charge in [0.1, 0.15) is 0 Å². The molecule has 3 rings (SSSR count). The topological polar surface area (TPSA) is 65.2 Å². The standard InChI is InChI=1S/C18H21N5O/c1-21(2)11-16-15-7-8-23(12-17(15)22(3)20-16)18(24)14-6-4-5-13(9-14)10-19/h4-6,9H,7-8,11-12H2,1-3H3. The van der Waals surface area contributed by atoms with Crippen LogP contribution >= 0.6 is 0 Å². The highest BCUT2D eigenvalue weighted by atomic mass is 16.2. The fourth-order valence-corrected chi connectivity index (χ4v) is 3.16. The van der Waals surface area contributed by atoms with Crippen LogP contribution in [0.5, 0.6) is 0 Å². The van der Waals surface area contributed by atoms with Crippen LogP contribution in [0.3, 0.4) is 0 Å². The van der Waals surface area contributed by atoms with Crippen molar-refractivity contribution in [3.63, 3.8) is 0 Å². The average molecular weight is 323 g/mol. The lowest BCUT2D eigenvalue weighted by Crippen LogP contribution is -2.36. The first-order valence-electron chi connectivity index (χ1n) is 7.97. The Kier molecular flexibility index (Phi) is 4.36. The lowest BCUT2D eigenvalue weighted by Gasteiger charge is -2.28. The number of hydrogen-bond acceptors (Lipinski definition) is 4. The first kappa shape index (κ1) is 16.2. The van der Waals surface area contributed by atoms with Crippen LogP contribution in [-0.2, 0) is 26.6 Å². The fourth-order valence-electron chi connectivity index (χ4n) is 3.16. The second-order valence-electron chi connectivity index (χ2n) is 6.40. The highest BCUT2D eigenvalue weighted by molar-refractivity contribution is 5.94. The quantitative estimate of drug-likeness (QED) is 0.860. The molecule has 1 aromatic carbocycles. The van der Waals surface area contributed by atoms with Gasteiger partial charge in [-0.15, -0.1) is 0 Å². The van der Waals surface area contributed by atoms with Gasteiger partial charge in [-0.1, -0.05) is 6.07 Å². The molecule has 0 spiro atoms.